The van der Waals surface area contributed by atoms with E-state index in [2.05, 4.69) is 27.3 Å². The van der Waals surface area contributed by atoms with Crippen molar-refractivity contribution in [3.63, 3.8) is 0 Å². The molecule has 2 aliphatic rings. The molecule has 2 saturated heterocycles. The Labute approximate surface area is 184 Å². The highest BCUT2D eigenvalue weighted by Crippen LogP contribution is 2.24. The molecular formula is C25H32N4O2. The number of amides is 2. The summed E-state index contributed by atoms with van der Waals surface area (Å²) < 4.78 is 0. The number of nitrogens with one attached hydrogen (secondary N) is 1. The molecule has 0 atom stereocenters. The fraction of sp³-hybridized carbons (Fsp3) is 0.480. The third-order valence-electron chi connectivity index (χ3n) is 6.61. The molecule has 31 heavy (non-hydrogen) atoms. The van der Waals surface area contributed by atoms with E-state index in [9.17, 15) is 9.59 Å². The van der Waals surface area contributed by atoms with Gasteiger partial charge >= 0.3 is 0 Å². The summed E-state index contributed by atoms with van der Waals surface area (Å²) in [6.07, 6.45) is 6.37. The molecule has 2 amide bonds. The monoisotopic (exact) mass is 420 g/mol. The van der Waals surface area contributed by atoms with Gasteiger partial charge in [-0.15, -0.1) is 0 Å². The molecule has 0 bridgehead atoms. The predicted molar refractivity (Wildman–Crippen MR) is 121 cm³/mol. The third-order valence-corrected chi connectivity index (χ3v) is 6.61. The highest BCUT2D eigenvalue weighted by atomic mass is 16.2. The van der Waals surface area contributed by atoms with Crippen molar-refractivity contribution in [1.29, 1.82) is 0 Å². The van der Waals surface area contributed by atoms with Crippen LogP contribution in [0.25, 0.3) is 0 Å². The average Bonchev–Trinajstić information content (AvgIpc) is 2.85. The summed E-state index contributed by atoms with van der Waals surface area (Å²) in [6, 6.07) is 16.2. The lowest BCUT2D eigenvalue weighted by Crippen LogP contribution is -2.50. The van der Waals surface area contributed by atoms with E-state index in [0.29, 0.717) is 18.3 Å². The van der Waals surface area contributed by atoms with Crippen LogP contribution in [0, 0.1) is 5.92 Å². The maximum atomic E-state index is 12.6. The highest BCUT2D eigenvalue weighted by molar-refractivity contribution is 5.92. The van der Waals surface area contributed by atoms with E-state index >= 15 is 0 Å². The van der Waals surface area contributed by atoms with Gasteiger partial charge in [-0.05, 0) is 62.9 Å². The molecule has 6 nitrogen and oxygen atoms in total. The minimum Gasteiger partial charge on any atom is -0.356 e. The normalized spacial score (nSPS) is 18.6. The molecule has 0 unspecified atom stereocenters. The van der Waals surface area contributed by atoms with Crippen molar-refractivity contribution in [2.45, 2.75) is 38.1 Å². The lowest BCUT2D eigenvalue weighted by molar-refractivity contribution is -0.126. The fourth-order valence-electron chi connectivity index (χ4n) is 4.73. The molecule has 0 radical (unpaired) electrons. The number of likely N-dealkylation sites (tertiary alicyclic amines) is 2. The Balaban J connectivity index is 1.16. The highest BCUT2D eigenvalue weighted by Gasteiger charge is 2.31. The van der Waals surface area contributed by atoms with Gasteiger partial charge < -0.3 is 15.1 Å². The molecule has 1 N–H and O–H groups in total. The van der Waals surface area contributed by atoms with E-state index in [1.807, 2.05) is 35.2 Å². The number of hydrogen-bond donors (Lipinski definition) is 1. The summed E-state index contributed by atoms with van der Waals surface area (Å²) in [5.41, 5.74) is 1.78. The van der Waals surface area contributed by atoms with Gasteiger partial charge in [-0.1, -0.05) is 36.4 Å². The lowest BCUT2D eigenvalue weighted by atomic mass is 9.92. The van der Waals surface area contributed by atoms with E-state index in [1.165, 1.54) is 5.56 Å². The van der Waals surface area contributed by atoms with Crippen molar-refractivity contribution in [1.82, 2.24) is 20.1 Å². The molecule has 1 aromatic carbocycles. The van der Waals surface area contributed by atoms with Gasteiger partial charge in [-0.2, -0.15) is 0 Å². The van der Waals surface area contributed by atoms with Crippen LogP contribution in [0.3, 0.4) is 0 Å². The maximum absolute atomic E-state index is 12.6. The number of benzene rings is 1. The molecule has 0 saturated carbocycles. The number of piperidine rings is 2. The minimum atomic E-state index is 0.0323. The molecule has 2 aliphatic heterocycles. The maximum Gasteiger partial charge on any atom is 0.272 e. The van der Waals surface area contributed by atoms with Crippen molar-refractivity contribution < 1.29 is 9.59 Å². The summed E-state index contributed by atoms with van der Waals surface area (Å²) in [7, 11) is 0. The molecule has 3 heterocycles. The fourth-order valence-corrected chi connectivity index (χ4v) is 4.73. The van der Waals surface area contributed by atoms with Crippen molar-refractivity contribution in [3.05, 3.63) is 66.0 Å². The number of rotatable bonds is 6. The van der Waals surface area contributed by atoms with Crippen LogP contribution in [0.2, 0.25) is 0 Å². The van der Waals surface area contributed by atoms with Crippen LogP contribution >= 0.6 is 0 Å². The summed E-state index contributed by atoms with van der Waals surface area (Å²) in [5, 5.41) is 3.12. The number of nitrogens with zero attached hydrogens (tertiary/aromatic N) is 3. The van der Waals surface area contributed by atoms with Gasteiger partial charge in [0.25, 0.3) is 5.91 Å². The van der Waals surface area contributed by atoms with Crippen LogP contribution in [0.15, 0.2) is 54.7 Å². The zero-order valence-electron chi connectivity index (χ0n) is 18.1. The van der Waals surface area contributed by atoms with Crippen LogP contribution in [-0.2, 0) is 11.2 Å². The second kappa shape index (κ2) is 10.5. The van der Waals surface area contributed by atoms with E-state index in [1.54, 1.807) is 12.3 Å². The van der Waals surface area contributed by atoms with Crippen LogP contribution in [0.5, 0.6) is 0 Å². The molecule has 1 aromatic heterocycles. The summed E-state index contributed by atoms with van der Waals surface area (Å²) in [6.45, 7) is 4.19. The van der Waals surface area contributed by atoms with Crippen molar-refractivity contribution >= 4 is 11.8 Å². The van der Waals surface area contributed by atoms with Crippen LogP contribution < -0.4 is 5.32 Å². The summed E-state index contributed by atoms with van der Waals surface area (Å²) >= 11 is 0. The van der Waals surface area contributed by atoms with Crippen LogP contribution in [-0.4, -0.2) is 65.4 Å². The van der Waals surface area contributed by atoms with E-state index in [-0.39, 0.29) is 17.7 Å². The Morgan fingerprint density at radius 3 is 2.29 bits per heavy atom. The summed E-state index contributed by atoms with van der Waals surface area (Å²) in [5.74, 6) is 0.356. The Bertz CT molecular complexity index is 842. The van der Waals surface area contributed by atoms with Gasteiger partial charge in [0.2, 0.25) is 5.91 Å². The molecule has 6 heteroatoms. The number of carbonyl (C=O) groups is 2. The lowest BCUT2D eigenvalue weighted by Gasteiger charge is -2.41. The molecular weight excluding hydrogens is 388 g/mol. The third kappa shape index (κ3) is 5.70. The molecule has 4 rings (SSSR count). The number of hydrogen-bond acceptors (Lipinski definition) is 4. The van der Waals surface area contributed by atoms with Crippen molar-refractivity contribution in [2.75, 3.05) is 32.7 Å². The second-order valence-electron chi connectivity index (χ2n) is 8.58. The first-order valence-corrected chi connectivity index (χ1v) is 11.5. The Hall–Kier alpha value is -2.73. The van der Waals surface area contributed by atoms with Crippen LogP contribution in [0.1, 0.15) is 41.7 Å². The van der Waals surface area contributed by atoms with E-state index in [4.69, 9.17) is 0 Å². The zero-order valence-corrected chi connectivity index (χ0v) is 18.1. The van der Waals surface area contributed by atoms with Gasteiger partial charge in [-0.25, -0.2) is 0 Å². The van der Waals surface area contributed by atoms with Gasteiger partial charge in [0.05, 0.1) is 0 Å². The molecule has 0 aliphatic carbocycles. The Morgan fingerprint density at radius 2 is 1.61 bits per heavy atom. The topological polar surface area (TPSA) is 65.5 Å². The van der Waals surface area contributed by atoms with Crippen LogP contribution in [0.4, 0.5) is 0 Å². The van der Waals surface area contributed by atoms with Gasteiger partial charge in [0, 0.05) is 37.8 Å². The quantitative estimate of drug-likeness (QED) is 0.781. The standard InChI is InChI=1S/C25H32N4O2/c30-24(27-15-9-20-6-2-1-3-7-20)21-10-16-28(17-11-21)22-12-18-29(19-13-22)25(31)23-8-4-5-14-26-23/h1-8,14,21-22H,9-13,15-19H2,(H,27,30). The first kappa shape index (κ1) is 21.5. The van der Waals surface area contributed by atoms with Gasteiger partial charge in [0.15, 0.2) is 0 Å². The minimum absolute atomic E-state index is 0.0323. The van der Waals surface area contributed by atoms with Gasteiger partial charge in [0.1, 0.15) is 5.69 Å². The molecule has 164 valence electrons. The van der Waals surface area contributed by atoms with Crippen molar-refractivity contribution in [3.8, 4) is 0 Å². The van der Waals surface area contributed by atoms with E-state index in [0.717, 1.165) is 58.3 Å². The largest absolute Gasteiger partial charge is 0.356 e. The summed E-state index contributed by atoms with van der Waals surface area (Å²) in [4.78, 5) is 33.8. The first-order valence-electron chi connectivity index (χ1n) is 11.5. The number of carbonyl (C=O) groups excluding carboxylic acids is 2. The zero-order chi connectivity index (χ0) is 21.5. The molecule has 0 spiro atoms. The second-order valence-corrected chi connectivity index (χ2v) is 8.58. The molecule has 2 aromatic rings. The van der Waals surface area contributed by atoms with E-state index < -0.39 is 0 Å². The number of pyridine rings is 1. The first-order chi connectivity index (χ1) is 15.2. The number of aromatic nitrogens is 1. The van der Waals surface area contributed by atoms with Crippen molar-refractivity contribution in [2.24, 2.45) is 5.92 Å². The predicted octanol–water partition coefficient (Wildman–Crippen LogP) is 2.76. The SMILES string of the molecule is O=C(NCCc1ccccc1)C1CCN(C2CCN(C(=O)c3ccccn3)CC2)CC1. The average molecular weight is 421 g/mol. The molecule has 2 fully saturated rings. The Kier molecular flexibility index (Phi) is 7.30. The smallest absolute Gasteiger partial charge is 0.272 e. The Morgan fingerprint density at radius 1 is 0.903 bits per heavy atom. The van der Waals surface area contributed by atoms with Gasteiger partial charge in [-0.3, -0.25) is 14.6 Å².